The highest BCUT2D eigenvalue weighted by Gasteiger charge is 2.24. The molecule has 1 heterocycles. The normalized spacial score (nSPS) is 19.3. The Morgan fingerprint density at radius 2 is 2.06 bits per heavy atom. The monoisotopic (exact) mass is 242 g/mol. The Hall–Kier alpha value is -0.610. The van der Waals surface area contributed by atoms with Crippen molar-refractivity contribution in [2.24, 2.45) is 5.92 Å². The van der Waals surface area contributed by atoms with Gasteiger partial charge in [0.15, 0.2) is 0 Å². The van der Waals surface area contributed by atoms with Crippen LogP contribution in [-0.2, 0) is 9.53 Å². The topological polar surface area (TPSA) is 41.6 Å². The van der Waals surface area contributed by atoms with E-state index in [2.05, 4.69) is 17.1 Å². The fraction of sp³-hybridized carbons (Fsp3) is 0.923. The number of ether oxygens (including phenoxy) is 1. The molecule has 1 aliphatic heterocycles. The SMILES string of the molecule is CCOC(=O)C(C)N(CC)CC1CCNCC1. The third kappa shape index (κ3) is 4.64. The lowest BCUT2D eigenvalue weighted by Gasteiger charge is -2.32. The Morgan fingerprint density at radius 3 is 2.59 bits per heavy atom. The minimum absolute atomic E-state index is 0.0942. The summed E-state index contributed by atoms with van der Waals surface area (Å²) in [5.74, 6) is 0.622. The van der Waals surface area contributed by atoms with Gasteiger partial charge in [-0.1, -0.05) is 6.92 Å². The molecule has 1 aliphatic rings. The molecule has 0 amide bonds. The highest BCUT2D eigenvalue weighted by Crippen LogP contribution is 2.15. The Labute approximate surface area is 105 Å². The molecule has 17 heavy (non-hydrogen) atoms. The van der Waals surface area contributed by atoms with Crippen molar-refractivity contribution in [3.05, 3.63) is 0 Å². The average Bonchev–Trinajstić information content (AvgIpc) is 2.36. The van der Waals surface area contributed by atoms with Crippen LogP contribution in [0.25, 0.3) is 0 Å². The molecule has 1 fully saturated rings. The molecule has 1 rings (SSSR count). The molecular weight excluding hydrogens is 216 g/mol. The summed E-state index contributed by atoms with van der Waals surface area (Å²) in [6.45, 7) is 10.5. The molecule has 1 saturated heterocycles. The minimum Gasteiger partial charge on any atom is -0.465 e. The number of nitrogens with one attached hydrogen (secondary N) is 1. The quantitative estimate of drug-likeness (QED) is 0.712. The van der Waals surface area contributed by atoms with Gasteiger partial charge in [0.2, 0.25) is 0 Å². The summed E-state index contributed by atoms with van der Waals surface area (Å²) in [4.78, 5) is 13.9. The van der Waals surface area contributed by atoms with Crippen LogP contribution >= 0.6 is 0 Å². The van der Waals surface area contributed by atoms with Crippen molar-refractivity contribution in [1.82, 2.24) is 10.2 Å². The number of hydrogen-bond acceptors (Lipinski definition) is 4. The van der Waals surface area contributed by atoms with E-state index in [1.54, 1.807) is 0 Å². The first kappa shape index (κ1) is 14.5. The second-order valence-electron chi connectivity index (χ2n) is 4.71. The van der Waals surface area contributed by atoms with Gasteiger partial charge >= 0.3 is 5.97 Å². The van der Waals surface area contributed by atoms with Gasteiger partial charge in [0, 0.05) is 6.54 Å². The molecule has 0 aromatic rings. The molecule has 1 unspecified atom stereocenters. The molecule has 0 bridgehead atoms. The van der Waals surface area contributed by atoms with Gasteiger partial charge in [0.05, 0.1) is 6.61 Å². The maximum atomic E-state index is 11.7. The van der Waals surface area contributed by atoms with Gasteiger partial charge in [-0.3, -0.25) is 9.69 Å². The van der Waals surface area contributed by atoms with Gasteiger partial charge in [-0.25, -0.2) is 0 Å². The summed E-state index contributed by atoms with van der Waals surface area (Å²) >= 11 is 0. The van der Waals surface area contributed by atoms with Gasteiger partial charge in [0.25, 0.3) is 0 Å². The highest BCUT2D eigenvalue weighted by molar-refractivity contribution is 5.75. The summed E-state index contributed by atoms with van der Waals surface area (Å²) < 4.78 is 5.08. The smallest absolute Gasteiger partial charge is 0.323 e. The number of piperidine rings is 1. The summed E-state index contributed by atoms with van der Waals surface area (Å²) in [5.41, 5.74) is 0. The van der Waals surface area contributed by atoms with Crippen LogP contribution < -0.4 is 5.32 Å². The van der Waals surface area contributed by atoms with E-state index in [-0.39, 0.29) is 12.0 Å². The Morgan fingerprint density at radius 1 is 1.41 bits per heavy atom. The van der Waals surface area contributed by atoms with Crippen molar-refractivity contribution in [3.8, 4) is 0 Å². The molecule has 1 atom stereocenters. The van der Waals surface area contributed by atoms with Crippen LogP contribution in [0.3, 0.4) is 0 Å². The molecule has 0 aromatic heterocycles. The van der Waals surface area contributed by atoms with Crippen LogP contribution in [0.2, 0.25) is 0 Å². The zero-order valence-corrected chi connectivity index (χ0v) is 11.4. The first-order valence-electron chi connectivity index (χ1n) is 6.80. The van der Waals surface area contributed by atoms with Gasteiger partial charge in [-0.15, -0.1) is 0 Å². The fourth-order valence-electron chi connectivity index (χ4n) is 2.37. The number of carbonyl (C=O) groups is 1. The highest BCUT2D eigenvalue weighted by atomic mass is 16.5. The number of esters is 1. The van der Waals surface area contributed by atoms with Crippen molar-refractivity contribution in [1.29, 1.82) is 0 Å². The average molecular weight is 242 g/mol. The van der Waals surface area contributed by atoms with E-state index in [1.807, 2.05) is 13.8 Å². The number of nitrogens with zero attached hydrogens (tertiary/aromatic N) is 1. The second-order valence-corrected chi connectivity index (χ2v) is 4.71. The third-order valence-electron chi connectivity index (χ3n) is 3.53. The fourth-order valence-corrected chi connectivity index (χ4v) is 2.37. The lowest BCUT2D eigenvalue weighted by molar-refractivity contribution is -0.149. The predicted octanol–water partition coefficient (Wildman–Crippen LogP) is 1.26. The molecule has 0 saturated carbocycles. The van der Waals surface area contributed by atoms with E-state index in [0.29, 0.717) is 12.5 Å². The lowest BCUT2D eigenvalue weighted by atomic mass is 9.97. The van der Waals surface area contributed by atoms with Crippen molar-refractivity contribution < 1.29 is 9.53 Å². The van der Waals surface area contributed by atoms with Crippen molar-refractivity contribution >= 4 is 5.97 Å². The maximum Gasteiger partial charge on any atom is 0.323 e. The van der Waals surface area contributed by atoms with E-state index in [4.69, 9.17) is 4.74 Å². The molecule has 100 valence electrons. The zero-order valence-electron chi connectivity index (χ0n) is 11.4. The van der Waals surface area contributed by atoms with E-state index < -0.39 is 0 Å². The molecule has 0 aromatic carbocycles. The number of hydrogen-bond donors (Lipinski definition) is 1. The minimum atomic E-state index is -0.116. The van der Waals surface area contributed by atoms with E-state index in [0.717, 1.165) is 26.2 Å². The maximum absolute atomic E-state index is 11.7. The lowest BCUT2D eigenvalue weighted by Crippen LogP contribution is -2.44. The van der Waals surface area contributed by atoms with Crippen LogP contribution in [0.15, 0.2) is 0 Å². The first-order valence-corrected chi connectivity index (χ1v) is 6.80. The van der Waals surface area contributed by atoms with Gasteiger partial charge in [-0.05, 0) is 52.2 Å². The molecule has 0 spiro atoms. The van der Waals surface area contributed by atoms with Crippen molar-refractivity contribution in [2.45, 2.75) is 39.7 Å². The Kier molecular flexibility index (Phi) is 6.52. The first-order chi connectivity index (χ1) is 8.19. The van der Waals surface area contributed by atoms with Crippen molar-refractivity contribution in [2.75, 3.05) is 32.8 Å². The zero-order chi connectivity index (χ0) is 12.7. The van der Waals surface area contributed by atoms with E-state index in [9.17, 15) is 4.79 Å². The van der Waals surface area contributed by atoms with Crippen LogP contribution in [0, 0.1) is 5.92 Å². The van der Waals surface area contributed by atoms with E-state index >= 15 is 0 Å². The molecule has 0 aliphatic carbocycles. The van der Waals surface area contributed by atoms with Crippen LogP contribution in [0.5, 0.6) is 0 Å². The molecule has 4 nitrogen and oxygen atoms in total. The predicted molar refractivity (Wildman–Crippen MR) is 68.9 cm³/mol. The molecule has 0 radical (unpaired) electrons. The summed E-state index contributed by atoms with van der Waals surface area (Å²) in [6, 6.07) is -0.116. The van der Waals surface area contributed by atoms with Gasteiger partial charge in [-0.2, -0.15) is 0 Å². The molecule has 1 N–H and O–H groups in total. The second kappa shape index (κ2) is 7.67. The number of rotatable bonds is 6. The Balaban J connectivity index is 2.42. The van der Waals surface area contributed by atoms with Crippen molar-refractivity contribution in [3.63, 3.8) is 0 Å². The summed E-state index contributed by atoms with van der Waals surface area (Å²) in [6.07, 6.45) is 2.43. The largest absolute Gasteiger partial charge is 0.465 e. The number of carbonyl (C=O) groups excluding carboxylic acids is 1. The molecular formula is C13H26N2O2. The van der Waals surface area contributed by atoms with Gasteiger partial charge < -0.3 is 10.1 Å². The van der Waals surface area contributed by atoms with Crippen LogP contribution in [0.1, 0.15) is 33.6 Å². The van der Waals surface area contributed by atoms with Crippen LogP contribution in [-0.4, -0.2) is 49.7 Å². The number of likely N-dealkylation sites (N-methyl/N-ethyl adjacent to an activating group) is 1. The standard InChI is InChI=1S/C13H26N2O2/c1-4-15(11(3)13(16)17-5-2)10-12-6-8-14-9-7-12/h11-12,14H,4-10H2,1-3H3. The summed E-state index contributed by atoms with van der Waals surface area (Å²) in [7, 11) is 0. The third-order valence-corrected chi connectivity index (χ3v) is 3.53. The van der Waals surface area contributed by atoms with Crippen LogP contribution in [0.4, 0.5) is 0 Å². The summed E-state index contributed by atoms with van der Waals surface area (Å²) in [5, 5.41) is 3.37. The Bertz CT molecular complexity index is 227. The molecule has 4 heteroatoms. The van der Waals surface area contributed by atoms with Gasteiger partial charge in [0.1, 0.15) is 6.04 Å². The van der Waals surface area contributed by atoms with E-state index in [1.165, 1.54) is 12.8 Å².